The third-order valence-corrected chi connectivity index (χ3v) is 4.25. The average Bonchev–Trinajstić information content (AvgIpc) is 2.87. The molecule has 2 aliphatic rings. The molecule has 14 heavy (non-hydrogen) atoms. The molecule has 2 atom stereocenters. The minimum absolute atomic E-state index is 0.226. The molecule has 0 aromatic carbocycles. The van der Waals surface area contributed by atoms with E-state index in [4.69, 9.17) is 0 Å². The Morgan fingerprint density at radius 1 is 1.50 bits per heavy atom. The molecule has 3 nitrogen and oxygen atoms in total. The Balaban J connectivity index is 1.66. The zero-order valence-electron chi connectivity index (χ0n) is 8.42. The molecular formula is C10H18N2OS. The molecule has 0 radical (unpaired) electrons. The number of amides is 1. The Hall–Kier alpha value is -0.220. The van der Waals surface area contributed by atoms with Crippen LogP contribution in [-0.4, -0.2) is 37.0 Å². The first kappa shape index (κ1) is 10.3. The van der Waals surface area contributed by atoms with Gasteiger partial charge in [0, 0.05) is 13.1 Å². The van der Waals surface area contributed by atoms with Crippen molar-refractivity contribution in [2.24, 2.45) is 11.8 Å². The summed E-state index contributed by atoms with van der Waals surface area (Å²) in [6.45, 7) is 2.75. The molecule has 2 N–H and O–H groups in total. The molecule has 0 aromatic heterocycles. The Kier molecular flexibility index (Phi) is 3.70. The zero-order chi connectivity index (χ0) is 9.80. The molecule has 0 saturated carbocycles. The Morgan fingerprint density at radius 3 is 3.07 bits per heavy atom. The van der Waals surface area contributed by atoms with Crippen LogP contribution in [0.2, 0.25) is 0 Å². The lowest BCUT2D eigenvalue weighted by Gasteiger charge is -2.12. The lowest BCUT2D eigenvalue weighted by atomic mass is 10.1. The molecule has 2 aliphatic heterocycles. The van der Waals surface area contributed by atoms with Gasteiger partial charge in [0.05, 0.1) is 5.92 Å². The number of hydrogen-bond donors (Lipinski definition) is 2. The quantitative estimate of drug-likeness (QED) is 0.717. The van der Waals surface area contributed by atoms with Gasteiger partial charge in [0.15, 0.2) is 0 Å². The van der Waals surface area contributed by atoms with Gasteiger partial charge in [-0.15, -0.1) is 0 Å². The molecule has 2 heterocycles. The second-order valence-corrected chi connectivity index (χ2v) is 5.31. The summed E-state index contributed by atoms with van der Waals surface area (Å²) in [5, 5.41) is 6.29. The Bertz CT molecular complexity index is 198. The van der Waals surface area contributed by atoms with Crippen molar-refractivity contribution >= 4 is 17.7 Å². The second-order valence-electron chi connectivity index (χ2n) is 4.16. The Labute approximate surface area is 89.4 Å². The van der Waals surface area contributed by atoms with E-state index in [1.165, 1.54) is 17.9 Å². The third-order valence-electron chi connectivity index (χ3n) is 3.02. The monoisotopic (exact) mass is 214 g/mol. The maximum absolute atomic E-state index is 11.6. The molecular weight excluding hydrogens is 196 g/mol. The second kappa shape index (κ2) is 5.03. The molecule has 0 aromatic rings. The Morgan fingerprint density at radius 2 is 2.43 bits per heavy atom. The van der Waals surface area contributed by atoms with Crippen LogP contribution in [0.15, 0.2) is 0 Å². The van der Waals surface area contributed by atoms with Gasteiger partial charge in [-0.25, -0.2) is 0 Å². The van der Waals surface area contributed by atoms with E-state index in [9.17, 15) is 4.79 Å². The molecule has 2 fully saturated rings. The number of nitrogens with one attached hydrogen (secondary N) is 2. The van der Waals surface area contributed by atoms with Crippen LogP contribution in [0.5, 0.6) is 0 Å². The van der Waals surface area contributed by atoms with E-state index in [1.54, 1.807) is 0 Å². The van der Waals surface area contributed by atoms with E-state index in [0.717, 1.165) is 32.0 Å². The van der Waals surface area contributed by atoms with Gasteiger partial charge >= 0.3 is 0 Å². The van der Waals surface area contributed by atoms with Gasteiger partial charge in [0.1, 0.15) is 0 Å². The molecule has 1 amide bonds. The molecule has 0 bridgehead atoms. The number of hydrogen-bond acceptors (Lipinski definition) is 3. The van der Waals surface area contributed by atoms with Crippen molar-refractivity contribution < 1.29 is 4.79 Å². The van der Waals surface area contributed by atoms with E-state index in [0.29, 0.717) is 0 Å². The van der Waals surface area contributed by atoms with Crippen molar-refractivity contribution in [3.05, 3.63) is 0 Å². The smallest absolute Gasteiger partial charge is 0.224 e. The number of thioether (sulfide) groups is 1. The molecule has 80 valence electrons. The summed E-state index contributed by atoms with van der Waals surface area (Å²) in [5.41, 5.74) is 0. The fourth-order valence-corrected chi connectivity index (χ4v) is 3.30. The first-order valence-corrected chi connectivity index (χ1v) is 6.58. The van der Waals surface area contributed by atoms with Gasteiger partial charge in [-0.1, -0.05) is 0 Å². The van der Waals surface area contributed by atoms with Crippen molar-refractivity contribution in [1.82, 2.24) is 10.6 Å². The largest absolute Gasteiger partial charge is 0.356 e. The minimum Gasteiger partial charge on any atom is -0.356 e. The van der Waals surface area contributed by atoms with E-state index >= 15 is 0 Å². The van der Waals surface area contributed by atoms with Crippen LogP contribution in [0.25, 0.3) is 0 Å². The summed E-state index contributed by atoms with van der Waals surface area (Å²) >= 11 is 2.00. The number of rotatable bonds is 3. The van der Waals surface area contributed by atoms with Crippen LogP contribution >= 0.6 is 11.8 Å². The van der Waals surface area contributed by atoms with Crippen molar-refractivity contribution in [3.8, 4) is 0 Å². The minimum atomic E-state index is 0.226. The van der Waals surface area contributed by atoms with Gasteiger partial charge in [-0.3, -0.25) is 4.79 Å². The summed E-state index contributed by atoms with van der Waals surface area (Å²) in [6.07, 6.45) is 2.28. The highest BCUT2D eigenvalue weighted by atomic mass is 32.2. The third kappa shape index (κ3) is 2.64. The summed E-state index contributed by atoms with van der Waals surface area (Å²) in [7, 11) is 0. The lowest BCUT2D eigenvalue weighted by Crippen LogP contribution is -2.35. The van der Waals surface area contributed by atoms with Crippen LogP contribution in [0.3, 0.4) is 0 Å². The highest BCUT2D eigenvalue weighted by Gasteiger charge is 2.23. The van der Waals surface area contributed by atoms with Gasteiger partial charge in [-0.2, -0.15) is 11.8 Å². The van der Waals surface area contributed by atoms with Gasteiger partial charge in [-0.05, 0) is 36.8 Å². The lowest BCUT2D eigenvalue weighted by molar-refractivity contribution is -0.124. The summed E-state index contributed by atoms with van der Waals surface area (Å²) in [6, 6.07) is 0. The molecule has 2 saturated heterocycles. The highest BCUT2D eigenvalue weighted by molar-refractivity contribution is 7.99. The molecule has 2 unspecified atom stereocenters. The average molecular weight is 214 g/mol. The SMILES string of the molecule is O=C(NCC1CCSC1)C1CCNC1. The van der Waals surface area contributed by atoms with Crippen LogP contribution in [0, 0.1) is 11.8 Å². The highest BCUT2D eigenvalue weighted by Crippen LogP contribution is 2.22. The maximum Gasteiger partial charge on any atom is 0.224 e. The molecule has 0 spiro atoms. The normalized spacial score (nSPS) is 32.0. The van der Waals surface area contributed by atoms with Crippen molar-refractivity contribution in [1.29, 1.82) is 0 Å². The number of carbonyl (C=O) groups excluding carboxylic acids is 1. The molecule has 4 heteroatoms. The fraction of sp³-hybridized carbons (Fsp3) is 0.900. The van der Waals surface area contributed by atoms with Gasteiger partial charge < -0.3 is 10.6 Å². The van der Waals surface area contributed by atoms with Crippen molar-refractivity contribution in [3.63, 3.8) is 0 Å². The van der Waals surface area contributed by atoms with E-state index in [2.05, 4.69) is 10.6 Å². The zero-order valence-corrected chi connectivity index (χ0v) is 9.24. The predicted octanol–water partition coefficient (Wildman–Crippen LogP) is 0.465. The van der Waals surface area contributed by atoms with Gasteiger partial charge in [0.25, 0.3) is 0 Å². The standard InChI is InChI=1S/C10H18N2OS/c13-10(9-1-3-11-6-9)12-5-8-2-4-14-7-8/h8-9,11H,1-7H2,(H,12,13). The maximum atomic E-state index is 11.6. The van der Waals surface area contributed by atoms with Gasteiger partial charge in [0.2, 0.25) is 5.91 Å². The summed E-state index contributed by atoms with van der Waals surface area (Å²) in [4.78, 5) is 11.6. The van der Waals surface area contributed by atoms with E-state index in [-0.39, 0.29) is 11.8 Å². The first-order chi connectivity index (χ1) is 6.86. The fourth-order valence-electron chi connectivity index (χ4n) is 2.01. The van der Waals surface area contributed by atoms with Crippen molar-refractivity contribution in [2.75, 3.05) is 31.1 Å². The first-order valence-electron chi connectivity index (χ1n) is 5.42. The topological polar surface area (TPSA) is 41.1 Å². The predicted molar refractivity (Wildman–Crippen MR) is 59.4 cm³/mol. The summed E-state index contributed by atoms with van der Waals surface area (Å²) in [5.74, 6) is 3.70. The van der Waals surface area contributed by atoms with E-state index < -0.39 is 0 Å². The molecule has 2 rings (SSSR count). The van der Waals surface area contributed by atoms with Crippen LogP contribution in [0.1, 0.15) is 12.8 Å². The van der Waals surface area contributed by atoms with Crippen LogP contribution in [-0.2, 0) is 4.79 Å². The van der Waals surface area contributed by atoms with Crippen LogP contribution < -0.4 is 10.6 Å². The summed E-state index contributed by atoms with van der Waals surface area (Å²) < 4.78 is 0. The van der Waals surface area contributed by atoms with E-state index in [1.807, 2.05) is 11.8 Å². The van der Waals surface area contributed by atoms with Crippen LogP contribution in [0.4, 0.5) is 0 Å². The van der Waals surface area contributed by atoms with Crippen molar-refractivity contribution in [2.45, 2.75) is 12.8 Å². The number of carbonyl (C=O) groups is 1. The molecule has 0 aliphatic carbocycles.